The highest BCUT2D eigenvalue weighted by Crippen LogP contribution is 2.31. The standard InChI is InChI=1S/C18H14ClNO2/c1-2-15(21)17-16(11-6-4-3-5-7-11)13-10-12(19)8-9-14(13)20-18(17)22/h3-10H,2H2,1H3,(H,20,22). The van der Waals surface area contributed by atoms with Gasteiger partial charge in [-0.2, -0.15) is 0 Å². The van der Waals surface area contributed by atoms with Crippen LogP contribution in [0.15, 0.2) is 53.3 Å². The van der Waals surface area contributed by atoms with Crippen LogP contribution in [0.1, 0.15) is 23.7 Å². The molecule has 3 aromatic rings. The lowest BCUT2D eigenvalue weighted by molar-refractivity contribution is 0.0987. The van der Waals surface area contributed by atoms with Gasteiger partial charge in [0.25, 0.3) is 5.56 Å². The normalized spacial score (nSPS) is 10.8. The van der Waals surface area contributed by atoms with Gasteiger partial charge in [-0.3, -0.25) is 9.59 Å². The van der Waals surface area contributed by atoms with Gasteiger partial charge in [0.15, 0.2) is 5.78 Å². The molecule has 0 saturated carbocycles. The first-order valence-electron chi connectivity index (χ1n) is 7.06. The number of Topliss-reactive ketones (excluding diaryl/α,β-unsaturated/α-hetero) is 1. The third-order valence-electron chi connectivity index (χ3n) is 3.64. The van der Waals surface area contributed by atoms with Crippen LogP contribution in [-0.2, 0) is 0 Å². The van der Waals surface area contributed by atoms with E-state index in [0.717, 1.165) is 10.9 Å². The highest BCUT2D eigenvalue weighted by atomic mass is 35.5. The number of carbonyl (C=O) groups is 1. The van der Waals surface area contributed by atoms with E-state index in [4.69, 9.17) is 11.6 Å². The van der Waals surface area contributed by atoms with E-state index in [0.29, 0.717) is 16.1 Å². The number of hydrogen-bond donors (Lipinski definition) is 1. The Hall–Kier alpha value is -2.39. The molecule has 0 aliphatic rings. The summed E-state index contributed by atoms with van der Waals surface area (Å²) in [6, 6.07) is 14.7. The molecule has 2 aromatic carbocycles. The van der Waals surface area contributed by atoms with Crippen molar-refractivity contribution < 1.29 is 4.79 Å². The Kier molecular flexibility index (Phi) is 3.82. The minimum atomic E-state index is -0.361. The maximum absolute atomic E-state index is 12.4. The first kappa shape index (κ1) is 14.5. The van der Waals surface area contributed by atoms with Crippen molar-refractivity contribution in [3.05, 3.63) is 69.5 Å². The van der Waals surface area contributed by atoms with Crippen molar-refractivity contribution in [3.63, 3.8) is 0 Å². The quantitative estimate of drug-likeness (QED) is 0.727. The minimum absolute atomic E-state index is 0.179. The van der Waals surface area contributed by atoms with Gasteiger partial charge in [0.05, 0.1) is 5.56 Å². The predicted octanol–water partition coefficient (Wildman–Crippen LogP) is 4.44. The van der Waals surface area contributed by atoms with Gasteiger partial charge in [0, 0.05) is 27.9 Å². The Morgan fingerprint density at radius 1 is 1.14 bits per heavy atom. The molecule has 0 aliphatic carbocycles. The summed E-state index contributed by atoms with van der Waals surface area (Å²) in [6.07, 6.45) is 0.273. The molecule has 0 spiro atoms. The maximum Gasteiger partial charge on any atom is 0.259 e. The molecule has 1 heterocycles. The molecule has 0 aliphatic heterocycles. The number of benzene rings is 2. The highest BCUT2D eigenvalue weighted by Gasteiger charge is 2.19. The second-order valence-electron chi connectivity index (χ2n) is 5.04. The lowest BCUT2D eigenvalue weighted by Crippen LogP contribution is -2.19. The van der Waals surface area contributed by atoms with E-state index in [1.54, 1.807) is 25.1 Å². The number of H-pyrrole nitrogens is 1. The number of fused-ring (bicyclic) bond motifs is 1. The summed E-state index contributed by atoms with van der Waals surface area (Å²) in [7, 11) is 0. The summed E-state index contributed by atoms with van der Waals surface area (Å²) in [5.41, 5.74) is 1.98. The lowest BCUT2D eigenvalue weighted by atomic mass is 9.93. The van der Waals surface area contributed by atoms with E-state index in [9.17, 15) is 9.59 Å². The summed E-state index contributed by atoms with van der Waals surface area (Å²) in [5.74, 6) is -0.179. The van der Waals surface area contributed by atoms with Crippen LogP contribution in [-0.4, -0.2) is 10.8 Å². The molecule has 0 fully saturated rings. The van der Waals surface area contributed by atoms with Crippen molar-refractivity contribution in [2.24, 2.45) is 0 Å². The van der Waals surface area contributed by atoms with Crippen molar-refractivity contribution in [1.29, 1.82) is 0 Å². The van der Waals surface area contributed by atoms with Gasteiger partial charge in [-0.15, -0.1) is 0 Å². The Morgan fingerprint density at radius 3 is 2.55 bits per heavy atom. The molecule has 1 aromatic heterocycles. The number of aromatic nitrogens is 1. The summed E-state index contributed by atoms with van der Waals surface area (Å²) in [6.45, 7) is 1.75. The SMILES string of the molecule is CCC(=O)c1c(-c2ccccc2)c2cc(Cl)ccc2[nH]c1=O. The van der Waals surface area contributed by atoms with Crippen molar-refractivity contribution in [2.75, 3.05) is 0 Å². The van der Waals surface area contributed by atoms with E-state index in [1.165, 1.54) is 0 Å². The van der Waals surface area contributed by atoms with Crippen LogP contribution in [0.5, 0.6) is 0 Å². The number of aromatic amines is 1. The molecule has 1 N–H and O–H groups in total. The number of rotatable bonds is 3. The van der Waals surface area contributed by atoms with Crippen LogP contribution >= 0.6 is 11.6 Å². The Morgan fingerprint density at radius 2 is 1.86 bits per heavy atom. The van der Waals surface area contributed by atoms with Gasteiger partial charge in [-0.25, -0.2) is 0 Å². The van der Waals surface area contributed by atoms with Crippen LogP contribution in [0.25, 0.3) is 22.0 Å². The van der Waals surface area contributed by atoms with Gasteiger partial charge in [0.1, 0.15) is 0 Å². The van der Waals surface area contributed by atoms with E-state index in [2.05, 4.69) is 4.98 Å². The minimum Gasteiger partial charge on any atom is -0.321 e. The predicted molar refractivity (Wildman–Crippen MR) is 89.6 cm³/mol. The van der Waals surface area contributed by atoms with Crippen LogP contribution in [0.2, 0.25) is 5.02 Å². The van der Waals surface area contributed by atoms with Crippen LogP contribution in [0, 0.1) is 0 Å². The Bertz CT molecular complexity index is 914. The van der Waals surface area contributed by atoms with Crippen LogP contribution in [0.4, 0.5) is 0 Å². The number of hydrogen-bond acceptors (Lipinski definition) is 2. The molecule has 3 nitrogen and oxygen atoms in total. The first-order chi connectivity index (χ1) is 10.6. The van der Waals surface area contributed by atoms with Gasteiger partial charge >= 0.3 is 0 Å². The number of carbonyl (C=O) groups excluding carboxylic acids is 1. The summed E-state index contributed by atoms with van der Waals surface area (Å²) >= 11 is 6.11. The monoisotopic (exact) mass is 311 g/mol. The molecule has 0 bridgehead atoms. The van der Waals surface area contributed by atoms with Crippen LogP contribution < -0.4 is 5.56 Å². The first-order valence-corrected chi connectivity index (χ1v) is 7.43. The number of halogens is 1. The lowest BCUT2D eigenvalue weighted by Gasteiger charge is -2.12. The molecule has 22 heavy (non-hydrogen) atoms. The molecule has 0 saturated heterocycles. The van der Waals surface area contributed by atoms with Gasteiger partial charge in [-0.1, -0.05) is 48.9 Å². The summed E-state index contributed by atoms with van der Waals surface area (Å²) in [4.78, 5) is 27.5. The molecule has 0 amide bonds. The molecule has 110 valence electrons. The second kappa shape index (κ2) is 5.78. The summed E-state index contributed by atoms with van der Waals surface area (Å²) < 4.78 is 0. The molecule has 0 radical (unpaired) electrons. The molecule has 4 heteroatoms. The highest BCUT2D eigenvalue weighted by molar-refractivity contribution is 6.31. The fraction of sp³-hybridized carbons (Fsp3) is 0.111. The number of pyridine rings is 1. The third-order valence-corrected chi connectivity index (χ3v) is 3.87. The maximum atomic E-state index is 12.4. The number of nitrogens with one attached hydrogen (secondary N) is 1. The fourth-order valence-electron chi connectivity index (χ4n) is 2.61. The second-order valence-corrected chi connectivity index (χ2v) is 5.47. The largest absolute Gasteiger partial charge is 0.321 e. The zero-order valence-electron chi connectivity index (χ0n) is 12.0. The topological polar surface area (TPSA) is 49.9 Å². The van der Waals surface area contributed by atoms with E-state index in [-0.39, 0.29) is 23.3 Å². The smallest absolute Gasteiger partial charge is 0.259 e. The number of ketones is 1. The van der Waals surface area contributed by atoms with Gasteiger partial charge in [-0.05, 0) is 23.8 Å². The third kappa shape index (κ3) is 2.44. The van der Waals surface area contributed by atoms with Crippen molar-refractivity contribution in [2.45, 2.75) is 13.3 Å². The zero-order valence-corrected chi connectivity index (χ0v) is 12.8. The van der Waals surface area contributed by atoms with Gasteiger partial charge in [0.2, 0.25) is 0 Å². The molecule has 0 atom stereocenters. The van der Waals surface area contributed by atoms with Gasteiger partial charge < -0.3 is 4.98 Å². The fourth-order valence-corrected chi connectivity index (χ4v) is 2.78. The Balaban J connectivity index is 2.50. The van der Waals surface area contributed by atoms with Crippen LogP contribution in [0.3, 0.4) is 0 Å². The molecular formula is C18H14ClNO2. The molecule has 3 rings (SSSR count). The average molecular weight is 312 g/mol. The van der Waals surface area contributed by atoms with E-state index in [1.807, 2.05) is 30.3 Å². The van der Waals surface area contributed by atoms with Crippen molar-refractivity contribution in [3.8, 4) is 11.1 Å². The average Bonchev–Trinajstić information content (AvgIpc) is 2.54. The van der Waals surface area contributed by atoms with E-state index < -0.39 is 0 Å². The van der Waals surface area contributed by atoms with Crippen molar-refractivity contribution >= 4 is 28.3 Å². The summed E-state index contributed by atoms with van der Waals surface area (Å²) in [5, 5.41) is 1.33. The molecular weight excluding hydrogens is 298 g/mol. The zero-order chi connectivity index (χ0) is 15.7. The van der Waals surface area contributed by atoms with Crippen molar-refractivity contribution in [1.82, 2.24) is 4.98 Å². The molecule has 0 unspecified atom stereocenters. The Labute approximate surface area is 132 Å². The van der Waals surface area contributed by atoms with E-state index >= 15 is 0 Å².